The number of nitrogens with zero attached hydrogens (tertiary/aromatic N) is 3. The van der Waals surface area contributed by atoms with Crippen molar-refractivity contribution in [3.05, 3.63) is 34.4 Å². The highest BCUT2D eigenvalue weighted by Gasteiger charge is 2.24. The van der Waals surface area contributed by atoms with E-state index in [0.29, 0.717) is 13.1 Å². The maximum Gasteiger partial charge on any atom is 0.442 e. The molecule has 1 aliphatic rings. The number of benzene rings is 1. The summed E-state index contributed by atoms with van der Waals surface area (Å²) in [6, 6.07) is 6.20. The highest BCUT2D eigenvalue weighted by atomic mass is 32.2. The summed E-state index contributed by atoms with van der Waals surface area (Å²) < 4.78 is 21.5. The topological polar surface area (TPSA) is 102 Å². The van der Waals surface area contributed by atoms with E-state index in [9.17, 15) is 19.1 Å². The predicted octanol–water partition coefficient (Wildman–Crippen LogP) is 2.82. The number of hydrogen-bond donors (Lipinski definition) is 0. The molecule has 1 saturated heterocycles. The van der Waals surface area contributed by atoms with Crippen molar-refractivity contribution in [3.8, 4) is 0 Å². The molecule has 1 aliphatic heterocycles. The monoisotopic (exact) mass is 355 g/mol. The fourth-order valence-corrected chi connectivity index (χ4v) is 3.98. The van der Waals surface area contributed by atoms with Crippen molar-refractivity contribution >= 4 is 27.2 Å². The molecule has 0 unspecified atom stereocenters. The Morgan fingerprint density at radius 1 is 1.25 bits per heavy atom. The molecule has 8 nitrogen and oxygen atoms in total. The lowest BCUT2D eigenvalue weighted by Crippen LogP contribution is -2.40. The summed E-state index contributed by atoms with van der Waals surface area (Å²) in [5.74, 6) is 0.506. The van der Waals surface area contributed by atoms with Crippen LogP contribution in [0.15, 0.2) is 28.6 Å². The maximum atomic E-state index is 12.6. The van der Waals surface area contributed by atoms with E-state index < -0.39 is 26.3 Å². The summed E-state index contributed by atoms with van der Waals surface area (Å²) in [6.45, 7) is 6.10. The van der Waals surface area contributed by atoms with Gasteiger partial charge in [0.2, 0.25) is 0 Å². The summed E-state index contributed by atoms with van der Waals surface area (Å²) in [6.07, 6.45) is -0.795. The van der Waals surface area contributed by atoms with Crippen LogP contribution in [0.5, 0.6) is 0 Å². The van der Waals surface area contributed by atoms with Crippen LogP contribution < -0.4 is 4.90 Å². The van der Waals surface area contributed by atoms with Gasteiger partial charge in [-0.15, -0.1) is 4.36 Å². The molecule has 24 heavy (non-hydrogen) atoms. The smallest absolute Gasteiger partial charge is 0.442 e. The van der Waals surface area contributed by atoms with Gasteiger partial charge in [0.05, 0.1) is 14.7 Å². The number of carbonyl (C=O) groups excluding carboxylic acids is 1. The third-order valence-corrected chi connectivity index (χ3v) is 5.54. The normalized spacial score (nSPS) is 17.2. The van der Waals surface area contributed by atoms with E-state index in [1.807, 2.05) is 4.90 Å². The molecule has 0 radical (unpaired) electrons. The number of carbonyl (C=O) groups is 1. The Bertz CT molecular complexity index is 731. The Kier molecular flexibility index (Phi) is 5.12. The van der Waals surface area contributed by atoms with Crippen LogP contribution in [0, 0.1) is 10.1 Å². The molecule has 1 aromatic carbocycles. The third-order valence-electron chi connectivity index (χ3n) is 3.42. The molecule has 0 aromatic heterocycles. The molecular formula is C15H21N3O5S. The lowest BCUT2D eigenvalue weighted by molar-refractivity contribution is -0.384. The van der Waals surface area contributed by atoms with Gasteiger partial charge in [-0.3, -0.25) is 10.1 Å². The van der Waals surface area contributed by atoms with Crippen LogP contribution in [-0.2, 0) is 14.5 Å². The highest BCUT2D eigenvalue weighted by Crippen LogP contribution is 2.22. The van der Waals surface area contributed by atoms with E-state index in [0.717, 1.165) is 5.69 Å². The molecule has 132 valence electrons. The number of nitro groups is 1. The van der Waals surface area contributed by atoms with Crippen LogP contribution in [0.3, 0.4) is 0 Å². The summed E-state index contributed by atoms with van der Waals surface area (Å²) >= 11 is 0. The molecule has 0 saturated carbocycles. The van der Waals surface area contributed by atoms with Crippen LogP contribution in [0.25, 0.3) is 0 Å². The summed E-state index contributed by atoms with van der Waals surface area (Å²) in [4.78, 5) is 23.9. The minimum absolute atomic E-state index is 0.0273. The number of rotatable bonds is 2. The second-order valence-corrected chi connectivity index (χ2v) is 9.06. The lowest BCUT2D eigenvalue weighted by Gasteiger charge is -2.30. The van der Waals surface area contributed by atoms with E-state index in [4.69, 9.17) is 4.74 Å². The van der Waals surface area contributed by atoms with Crippen molar-refractivity contribution < 1.29 is 18.7 Å². The fourth-order valence-electron chi connectivity index (χ4n) is 2.27. The zero-order valence-corrected chi connectivity index (χ0v) is 14.7. The van der Waals surface area contributed by atoms with Crippen molar-refractivity contribution in [2.45, 2.75) is 26.4 Å². The predicted molar refractivity (Wildman–Crippen MR) is 91.8 cm³/mol. The number of ether oxygens (including phenoxy) is 1. The second-order valence-electron chi connectivity index (χ2n) is 6.51. The van der Waals surface area contributed by atoms with E-state index in [1.165, 1.54) is 12.1 Å². The first kappa shape index (κ1) is 18.2. The van der Waals surface area contributed by atoms with Crippen molar-refractivity contribution in [2.24, 2.45) is 4.36 Å². The highest BCUT2D eigenvalue weighted by molar-refractivity contribution is 7.94. The first-order valence-electron chi connectivity index (χ1n) is 7.53. The summed E-state index contributed by atoms with van der Waals surface area (Å²) in [5.41, 5.74) is 0.175. The first-order chi connectivity index (χ1) is 11.1. The Balaban J connectivity index is 2.03. The number of hydrogen-bond acceptors (Lipinski definition) is 6. The van der Waals surface area contributed by atoms with Gasteiger partial charge >= 0.3 is 6.09 Å². The molecule has 0 spiro atoms. The Labute approximate surface area is 141 Å². The van der Waals surface area contributed by atoms with Crippen molar-refractivity contribution in [3.63, 3.8) is 0 Å². The van der Waals surface area contributed by atoms with Gasteiger partial charge in [-0.05, 0) is 32.9 Å². The van der Waals surface area contributed by atoms with Crippen molar-refractivity contribution in [1.82, 2.24) is 0 Å². The SMILES string of the molecule is CC(C)(C)OC(=O)N=S1(=O)CCN(c2ccc([N+](=O)[O-])cc2)CC1. The number of anilines is 1. The molecule has 1 amide bonds. The molecule has 0 atom stereocenters. The quantitative estimate of drug-likeness (QED) is 0.597. The van der Waals surface area contributed by atoms with Gasteiger partial charge in [0.15, 0.2) is 0 Å². The molecule has 1 fully saturated rings. The van der Waals surface area contributed by atoms with Crippen LogP contribution >= 0.6 is 0 Å². The van der Waals surface area contributed by atoms with Gasteiger partial charge in [0.1, 0.15) is 5.60 Å². The number of non-ortho nitro benzene ring substituents is 1. The fraction of sp³-hybridized carbons (Fsp3) is 0.533. The molecule has 0 bridgehead atoms. The Morgan fingerprint density at radius 3 is 2.25 bits per heavy atom. The van der Waals surface area contributed by atoms with Gasteiger partial charge in [-0.2, -0.15) is 0 Å². The average molecular weight is 355 g/mol. The lowest BCUT2D eigenvalue weighted by atomic mass is 10.2. The first-order valence-corrected chi connectivity index (χ1v) is 9.38. The maximum absolute atomic E-state index is 12.6. The number of nitro benzene ring substituents is 1. The standard InChI is InChI=1S/C15H21N3O5S/c1-15(2,3)23-14(19)16-24(22)10-8-17(9-11-24)12-4-6-13(7-5-12)18(20)21/h4-7H,8-11H2,1-3H3. The zero-order chi connectivity index (χ0) is 18.0. The molecule has 0 N–H and O–H groups in total. The molecule has 1 heterocycles. The minimum Gasteiger partial charge on any atom is -0.442 e. The molecule has 2 rings (SSSR count). The third kappa shape index (κ3) is 4.92. The molecule has 9 heteroatoms. The minimum atomic E-state index is -2.62. The van der Waals surface area contributed by atoms with Crippen molar-refractivity contribution in [1.29, 1.82) is 0 Å². The van der Waals surface area contributed by atoms with Gasteiger partial charge in [-0.1, -0.05) is 0 Å². The van der Waals surface area contributed by atoms with Gasteiger partial charge in [0.25, 0.3) is 5.69 Å². The van der Waals surface area contributed by atoms with Gasteiger partial charge < -0.3 is 9.64 Å². The molecule has 0 aliphatic carbocycles. The van der Waals surface area contributed by atoms with Gasteiger partial charge in [-0.25, -0.2) is 9.00 Å². The van der Waals surface area contributed by atoms with Gasteiger partial charge in [0, 0.05) is 42.4 Å². The molecular weight excluding hydrogens is 334 g/mol. The van der Waals surface area contributed by atoms with E-state index >= 15 is 0 Å². The van der Waals surface area contributed by atoms with E-state index in [2.05, 4.69) is 4.36 Å². The second kappa shape index (κ2) is 6.76. The largest absolute Gasteiger partial charge is 0.442 e. The van der Waals surface area contributed by atoms with Crippen LogP contribution in [-0.4, -0.2) is 45.4 Å². The zero-order valence-electron chi connectivity index (χ0n) is 13.9. The van der Waals surface area contributed by atoms with Crippen LogP contribution in [0.4, 0.5) is 16.2 Å². The summed E-state index contributed by atoms with van der Waals surface area (Å²) in [7, 11) is -2.62. The van der Waals surface area contributed by atoms with Crippen LogP contribution in [0.2, 0.25) is 0 Å². The summed E-state index contributed by atoms with van der Waals surface area (Å²) in [5, 5.41) is 10.7. The average Bonchev–Trinajstić information content (AvgIpc) is 2.45. The molecule has 1 aromatic rings. The van der Waals surface area contributed by atoms with E-state index in [1.54, 1.807) is 32.9 Å². The van der Waals surface area contributed by atoms with Crippen molar-refractivity contribution in [2.75, 3.05) is 29.5 Å². The Morgan fingerprint density at radius 2 is 1.79 bits per heavy atom. The number of amides is 1. The Hall–Kier alpha value is -2.16. The van der Waals surface area contributed by atoms with E-state index in [-0.39, 0.29) is 17.2 Å². The van der Waals surface area contributed by atoms with Crippen LogP contribution in [0.1, 0.15) is 20.8 Å².